The molecule has 3 aromatic heterocycles. The summed E-state index contributed by atoms with van der Waals surface area (Å²) >= 11 is 1.51. The van der Waals surface area contributed by atoms with Gasteiger partial charge in [-0.2, -0.15) is 10.4 Å². The van der Waals surface area contributed by atoms with Gasteiger partial charge in [-0.15, -0.1) is 16.8 Å². The van der Waals surface area contributed by atoms with Crippen LogP contribution in [0, 0.1) is 25.2 Å². The molecule has 0 amide bonds. The summed E-state index contributed by atoms with van der Waals surface area (Å²) in [6.45, 7) is 8.18. The number of nitriles is 1. The van der Waals surface area contributed by atoms with Crippen molar-refractivity contribution in [1.82, 2.24) is 24.5 Å². The summed E-state index contributed by atoms with van der Waals surface area (Å²) in [4.78, 5) is 0. The van der Waals surface area contributed by atoms with Crippen LogP contribution < -0.4 is 0 Å². The van der Waals surface area contributed by atoms with Gasteiger partial charge in [-0.25, -0.2) is 4.68 Å². The van der Waals surface area contributed by atoms with Crippen molar-refractivity contribution < 1.29 is 4.42 Å². The Morgan fingerprint density at radius 3 is 2.67 bits per heavy atom. The molecule has 4 aromatic rings. The summed E-state index contributed by atoms with van der Waals surface area (Å²) < 4.78 is 9.25. The van der Waals surface area contributed by atoms with Crippen LogP contribution in [0.2, 0.25) is 0 Å². The SMILES string of the molecule is C=CCn1c(SCc2c(C#N)c(C)nn2-c2ccccc2)nnc1-c1ccoc1C. The Morgan fingerprint density at radius 2 is 2.00 bits per heavy atom. The summed E-state index contributed by atoms with van der Waals surface area (Å²) in [5.74, 6) is 2.05. The Balaban J connectivity index is 1.69. The van der Waals surface area contributed by atoms with E-state index in [1.54, 1.807) is 6.26 Å². The molecule has 0 aliphatic heterocycles. The van der Waals surface area contributed by atoms with Gasteiger partial charge in [0.05, 0.1) is 34.5 Å². The lowest BCUT2D eigenvalue weighted by Crippen LogP contribution is -2.04. The van der Waals surface area contributed by atoms with Crippen LogP contribution in [0.1, 0.15) is 22.7 Å². The molecule has 4 rings (SSSR count). The molecule has 150 valence electrons. The number of hydrogen-bond donors (Lipinski definition) is 0. The second-order valence-corrected chi connectivity index (χ2v) is 7.59. The zero-order valence-corrected chi connectivity index (χ0v) is 17.6. The van der Waals surface area contributed by atoms with Gasteiger partial charge in [-0.3, -0.25) is 4.57 Å². The number of furan rings is 1. The highest BCUT2D eigenvalue weighted by Gasteiger charge is 2.20. The molecule has 0 radical (unpaired) electrons. The molecule has 0 atom stereocenters. The Hall–Kier alpha value is -3.57. The number of para-hydroxylation sites is 1. The van der Waals surface area contributed by atoms with E-state index in [0.29, 0.717) is 23.6 Å². The van der Waals surface area contributed by atoms with Crippen molar-refractivity contribution in [3.05, 3.63) is 78.0 Å². The van der Waals surface area contributed by atoms with Crippen molar-refractivity contribution in [2.75, 3.05) is 0 Å². The number of aryl methyl sites for hydroxylation is 2. The summed E-state index contributed by atoms with van der Waals surface area (Å²) in [6.07, 6.45) is 3.45. The fourth-order valence-corrected chi connectivity index (χ4v) is 4.22. The normalized spacial score (nSPS) is 10.8. The maximum Gasteiger partial charge on any atom is 0.192 e. The van der Waals surface area contributed by atoms with Crippen LogP contribution in [-0.2, 0) is 12.3 Å². The molecule has 0 fully saturated rings. The first-order valence-electron chi connectivity index (χ1n) is 9.39. The van der Waals surface area contributed by atoms with Crippen molar-refractivity contribution >= 4 is 11.8 Å². The molecule has 7 nitrogen and oxygen atoms in total. The van der Waals surface area contributed by atoms with E-state index in [-0.39, 0.29) is 0 Å². The standard InChI is InChI=1S/C22H20N6OS/c1-4-11-27-21(18-10-12-29-16(18)3)24-25-22(27)30-14-20-19(13-23)15(2)26-28(20)17-8-6-5-7-9-17/h4-10,12H,1,11,14H2,2-3H3. The second kappa shape index (κ2) is 8.43. The average molecular weight is 417 g/mol. The largest absolute Gasteiger partial charge is 0.469 e. The highest BCUT2D eigenvalue weighted by atomic mass is 32.2. The van der Waals surface area contributed by atoms with E-state index in [0.717, 1.165) is 33.7 Å². The van der Waals surface area contributed by atoms with Crippen molar-refractivity contribution in [3.63, 3.8) is 0 Å². The van der Waals surface area contributed by atoms with E-state index < -0.39 is 0 Å². The van der Waals surface area contributed by atoms with Gasteiger partial charge in [0.1, 0.15) is 11.8 Å². The van der Waals surface area contributed by atoms with Crippen LogP contribution in [0.3, 0.4) is 0 Å². The van der Waals surface area contributed by atoms with Gasteiger partial charge in [0.2, 0.25) is 0 Å². The van der Waals surface area contributed by atoms with E-state index in [4.69, 9.17) is 4.42 Å². The maximum atomic E-state index is 9.69. The Bertz CT molecular complexity index is 1230. The molecule has 0 N–H and O–H groups in total. The van der Waals surface area contributed by atoms with Crippen molar-refractivity contribution in [1.29, 1.82) is 5.26 Å². The summed E-state index contributed by atoms with van der Waals surface area (Å²) in [7, 11) is 0. The molecule has 3 heterocycles. The molecule has 0 saturated carbocycles. The number of nitrogens with zero attached hydrogens (tertiary/aromatic N) is 6. The van der Waals surface area contributed by atoms with E-state index in [2.05, 4.69) is 27.9 Å². The van der Waals surface area contributed by atoms with Gasteiger partial charge in [-0.1, -0.05) is 36.0 Å². The van der Waals surface area contributed by atoms with E-state index in [1.165, 1.54) is 11.8 Å². The predicted octanol–water partition coefficient (Wildman–Crippen LogP) is 4.69. The van der Waals surface area contributed by atoms with Gasteiger partial charge in [0, 0.05) is 12.3 Å². The lowest BCUT2D eigenvalue weighted by molar-refractivity contribution is 0.534. The summed E-state index contributed by atoms with van der Waals surface area (Å²) in [5, 5.41) is 23.8. The number of benzene rings is 1. The Morgan fingerprint density at radius 1 is 1.20 bits per heavy atom. The van der Waals surface area contributed by atoms with Gasteiger partial charge in [0.15, 0.2) is 11.0 Å². The molecule has 0 saturated heterocycles. The van der Waals surface area contributed by atoms with Crippen molar-refractivity contribution in [2.24, 2.45) is 0 Å². The Labute approximate surface area is 178 Å². The zero-order valence-electron chi connectivity index (χ0n) is 16.7. The van der Waals surface area contributed by atoms with Crippen LogP contribution >= 0.6 is 11.8 Å². The quantitative estimate of drug-likeness (QED) is 0.321. The van der Waals surface area contributed by atoms with Crippen LogP contribution in [0.15, 0.2) is 64.9 Å². The molecule has 0 unspecified atom stereocenters. The highest BCUT2D eigenvalue weighted by Crippen LogP contribution is 2.30. The maximum absolute atomic E-state index is 9.69. The predicted molar refractivity (Wildman–Crippen MR) is 115 cm³/mol. The third kappa shape index (κ3) is 3.55. The molecule has 1 aromatic carbocycles. The van der Waals surface area contributed by atoms with Crippen LogP contribution in [0.5, 0.6) is 0 Å². The summed E-state index contributed by atoms with van der Waals surface area (Å²) in [6, 6.07) is 14.0. The van der Waals surface area contributed by atoms with Crippen LogP contribution in [-0.4, -0.2) is 24.5 Å². The number of rotatable bonds is 7. The molecule has 0 aliphatic rings. The fourth-order valence-electron chi connectivity index (χ4n) is 3.27. The van der Waals surface area contributed by atoms with Gasteiger partial charge < -0.3 is 4.42 Å². The first-order chi connectivity index (χ1) is 14.6. The van der Waals surface area contributed by atoms with Gasteiger partial charge >= 0.3 is 0 Å². The Kier molecular flexibility index (Phi) is 5.55. The smallest absolute Gasteiger partial charge is 0.192 e. The minimum absolute atomic E-state index is 0.526. The highest BCUT2D eigenvalue weighted by molar-refractivity contribution is 7.98. The minimum atomic E-state index is 0.526. The molecular weight excluding hydrogens is 396 g/mol. The third-order valence-electron chi connectivity index (χ3n) is 4.73. The van der Waals surface area contributed by atoms with Crippen LogP contribution in [0.25, 0.3) is 17.1 Å². The molecule has 30 heavy (non-hydrogen) atoms. The molecule has 8 heteroatoms. The van der Waals surface area contributed by atoms with Crippen molar-refractivity contribution in [2.45, 2.75) is 31.3 Å². The third-order valence-corrected chi connectivity index (χ3v) is 5.71. The first-order valence-corrected chi connectivity index (χ1v) is 10.4. The molecular formula is C22H20N6OS. The molecule has 0 spiro atoms. The topological polar surface area (TPSA) is 85.5 Å². The number of thioether (sulfide) groups is 1. The first kappa shape index (κ1) is 19.7. The monoisotopic (exact) mass is 416 g/mol. The van der Waals surface area contributed by atoms with E-state index in [1.807, 2.05) is 65.6 Å². The summed E-state index contributed by atoms with van der Waals surface area (Å²) in [5.41, 5.74) is 3.95. The average Bonchev–Trinajstić information content (AvgIpc) is 3.44. The van der Waals surface area contributed by atoms with Gasteiger partial charge in [0.25, 0.3) is 0 Å². The second-order valence-electron chi connectivity index (χ2n) is 6.65. The molecule has 0 bridgehead atoms. The van der Waals surface area contributed by atoms with Gasteiger partial charge in [-0.05, 0) is 32.0 Å². The zero-order chi connectivity index (χ0) is 21.1. The number of allylic oxidation sites excluding steroid dienone is 1. The fraction of sp³-hybridized carbons (Fsp3) is 0.182. The van der Waals surface area contributed by atoms with Crippen LogP contribution in [0.4, 0.5) is 0 Å². The minimum Gasteiger partial charge on any atom is -0.469 e. The van der Waals surface area contributed by atoms with Crippen molar-refractivity contribution in [3.8, 4) is 23.1 Å². The van der Waals surface area contributed by atoms with E-state index >= 15 is 0 Å². The molecule has 0 aliphatic carbocycles. The van der Waals surface area contributed by atoms with E-state index in [9.17, 15) is 5.26 Å². The lowest BCUT2D eigenvalue weighted by Gasteiger charge is -2.09. The lowest BCUT2D eigenvalue weighted by atomic mass is 10.2. The number of hydrogen-bond acceptors (Lipinski definition) is 6. The number of aromatic nitrogens is 5.